The van der Waals surface area contributed by atoms with Crippen LogP contribution in [0.3, 0.4) is 0 Å². The standard InChI is InChI=1S/C26H33FN2O3/c1-20(16-21-8-5-4-6-9-21)18-29(15-13-23-10-7-14-28(23)2)26(30)22-11-12-24(32-19-27)25(17-22)31-3/h4-6,8-9,11-12,16-17,23H,7,10,13-15,18-19H2,1-3H3/b20-16+. The maximum Gasteiger partial charge on any atom is 0.254 e. The SMILES string of the molecule is COc1cc(C(=O)N(CCC2CCCN2C)C/C(C)=C/c2ccccc2)ccc1OCF. The molecule has 0 saturated carbocycles. The molecule has 1 aliphatic rings. The average molecular weight is 441 g/mol. The van der Waals surface area contributed by atoms with Gasteiger partial charge in [-0.25, -0.2) is 4.39 Å². The van der Waals surface area contributed by atoms with Gasteiger partial charge in [0, 0.05) is 24.7 Å². The second-order valence-electron chi connectivity index (χ2n) is 8.31. The molecule has 3 rings (SSSR count). The molecule has 0 bridgehead atoms. The number of amides is 1. The van der Waals surface area contributed by atoms with Crippen LogP contribution in [-0.4, -0.2) is 62.4 Å². The molecule has 0 aromatic heterocycles. The summed E-state index contributed by atoms with van der Waals surface area (Å²) in [4.78, 5) is 17.7. The predicted molar refractivity (Wildman–Crippen MR) is 126 cm³/mol. The van der Waals surface area contributed by atoms with Crippen LogP contribution < -0.4 is 9.47 Å². The van der Waals surface area contributed by atoms with Crippen LogP contribution >= 0.6 is 0 Å². The highest BCUT2D eigenvalue weighted by atomic mass is 19.1. The number of hydrogen-bond donors (Lipinski definition) is 0. The lowest BCUT2D eigenvalue weighted by Gasteiger charge is -2.27. The summed E-state index contributed by atoms with van der Waals surface area (Å²) < 4.78 is 22.9. The van der Waals surface area contributed by atoms with Crippen LogP contribution in [0.15, 0.2) is 54.1 Å². The minimum absolute atomic E-state index is 0.0726. The van der Waals surface area contributed by atoms with Gasteiger partial charge < -0.3 is 19.3 Å². The van der Waals surface area contributed by atoms with Gasteiger partial charge in [-0.1, -0.05) is 42.0 Å². The zero-order valence-electron chi connectivity index (χ0n) is 19.2. The van der Waals surface area contributed by atoms with Crippen LogP contribution in [0.1, 0.15) is 42.1 Å². The zero-order chi connectivity index (χ0) is 22.9. The molecule has 0 aliphatic carbocycles. The summed E-state index contributed by atoms with van der Waals surface area (Å²) in [6.07, 6.45) is 5.41. The first-order valence-electron chi connectivity index (χ1n) is 11.1. The van der Waals surface area contributed by atoms with Crippen molar-refractivity contribution in [3.8, 4) is 11.5 Å². The maximum absolute atomic E-state index is 13.5. The largest absolute Gasteiger partial charge is 0.493 e. The maximum atomic E-state index is 13.5. The van der Waals surface area contributed by atoms with E-state index in [2.05, 4.69) is 30.2 Å². The molecule has 5 nitrogen and oxygen atoms in total. The van der Waals surface area contributed by atoms with Crippen molar-refractivity contribution in [2.45, 2.75) is 32.2 Å². The molecule has 1 fully saturated rings. The number of nitrogens with zero attached hydrogens (tertiary/aromatic N) is 2. The normalized spacial score (nSPS) is 16.8. The summed E-state index contributed by atoms with van der Waals surface area (Å²) >= 11 is 0. The number of methoxy groups -OCH3 is 1. The van der Waals surface area contributed by atoms with Crippen molar-refractivity contribution in [1.82, 2.24) is 9.80 Å². The van der Waals surface area contributed by atoms with Crippen LogP contribution in [0.25, 0.3) is 6.08 Å². The molecule has 0 N–H and O–H groups in total. The number of alkyl halides is 1. The first-order chi connectivity index (χ1) is 15.5. The number of likely N-dealkylation sites (tertiary alicyclic amines) is 1. The molecule has 1 amide bonds. The summed E-state index contributed by atoms with van der Waals surface area (Å²) in [5.74, 6) is 0.558. The van der Waals surface area contributed by atoms with Gasteiger partial charge in [-0.2, -0.15) is 0 Å². The number of ether oxygens (including phenoxy) is 2. The monoisotopic (exact) mass is 440 g/mol. The first kappa shape index (κ1) is 23.8. The molecule has 32 heavy (non-hydrogen) atoms. The van der Waals surface area contributed by atoms with E-state index in [0.717, 1.165) is 24.1 Å². The number of carbonyl (C=O) groups excluding carboxylic acids is 1. The summed E-state index contributed by atoms with van der Waals surface area (Å²) in [5.41, 5.74) is 2.72. The van der Waals surface area contributed by atoms with Gasteiger partial charge in [0.2, 0.25) is 6.86 Å². The van der Waals surface area contributed by atoms with Crippen LogP contribution in [0.5, 0.6) is 11.5 Å². The van der Waals surface area contributed by atoms with Crippen LogP contribution in [0.4, 0.5) is 4.39 Å². The molecule has 172 valence electrons. The topological polar surface area (TPSA) is 42.0 Å². The second-order valence-corrected chi connectivity index (χ2v) is 8.31. The highest BCUT2D eigenvalue weighted by Gasteiger charge is 2.24. The minimum Gasteiger partial charge on any atom is -0.493 e. The quantitative estimate of drug-likeness (QED) is 0.520. The van der Waals surface area contributed by atoms with Gasteiger partial charge in [0.05, 0.1) is 7.11 Å². The van der Waals surface area contributed by atoms with Gasteiger partial charge in [-0.3, -0.25) is 4.79 Å². The van der Waals surface area contributed by atoms with Gasteiger partial charge in [0.25, 0.3) is 5.91 Å². The Bertz CT molecular complexity index is 917. The van der Waals surface area contributed by atoms with Gasteiger partial charge in [0.15, 0.2) is 11.5 Å². The van der Waals surface area contributed by atoms with E-state index in [4.69, 9.17) is 9.47 Å². The van der Waals surface area contributed by atoms with E-state index >= 15 is 0 Å². The molecular weight excluding hydrogens is 407 g/mol. The van der Waals surface area contributed by atoms with E-state index < -0.39 is 6.86 Å². The molecule has 0 spiro atoms. The van der Waals surface area contributed by atoms with E-state index in [1.54, 1.807) is 18.2 Å². The third-order valence-electron chi connectivity index (χ3n) is 5.96. The molecule has 1 unspecified atom stereocenters. The summed E-state index contributed by atoms with van der Waals surface area (Å²) in [6.45, 7) is 3.41. The molecule has 1 saturated heterocycles. The summed E-state index contributed by atoms with van der Waals surface area (Å²) in [5, 5.41) is 0. The summed E-state index contributed by atoms with van der Waals surface area (Å²) in [7, 11) is 3.63. The Balaban J connectivity index is 1.80. The van der Waals surface area contributed by atoms with Crippen LogP contribution in [0, 0.1) is 0 Å². The Kier molecular flexibility index (Phi) is 8.68. The lowest BCUT2D eigenvalue weighted by Crippen LogP contribution is -2.37. The Morgan fingerprint density at radius 2 is 2.00 bits per heavy atom. The van der Waals surface area contributed by atoms with Crippen molar-refractivity contribution in [1.29, 1.82) is 0 Å². The molecule has 1 atom stereocenters. The van der Waals surface area contributed by atoms with E-state index in [0.29, 0.717) is 30.4 Å². The number of hydrogen-bond acceptors (Lipinski definition) is 4. The van der Waals surface area contributed by atoms with Crippen molar-refractivity contribution in [2.75, 3.05) is 40.7 Å². The molecule has 0 radical (unpaired) electrons. The Labute approximate surface area is 190 Å². The van der Waals surface area contributed by atoms with Crippen molar-refractivity contribution >= 4 is 12.0 Å². The third kappa shape index (κ3) is 6.33. The van der Waals surface area contributed by atoms with Gasteiger partial charge >= 0.3 is 0 Å². The molecule has 2 aromatic carbocycles. The fraction of sp³-hybridized carbons (Fsp3) is 0.423. The fourth-order valence-corrected chi connectivity index (χ4v) is 4.24. The molecule has 1 aliphatic heterocycles. The number of carbonyl (C=O) groups is 1. The molecule has 6 heteroatoms. The smallest absolute Gasteiger partial charge is 0.254 e. The lowest BCUT2D eigenvalue weighted by molar-refractivity contribution is 0.0757. The third-order valence-corrected chi connectivity index (χ3v) is 5.96. The fourth-order valence-electron chi connectivity index (χ4n) is 4.24. The molecular formula is C26H33FN2O3. The van der Waals surface area contributed by atoms with Gasteiger partial charge in [-0.15, -0.1) is 0 Å². The molecule has 2 aromatic rings. The minimum atomic E-state index is -0.950. The van der Waals surface area contributed by atoms with E-state index in [9.17, 15) is 9.18 Å². The van der Waals surface area contributed by atoms with E-state index in [-0.39, 0.29) is 11.7 Å². The summed E-state index contributed by atoms with van der Waals surface area (Å²) in [6, 6.07) is 15.5. The Morgan fingerprint density at radius 1 is 1.22 bits per heavy atom. The van der Waals surface area contributed by atoms with Crippen molar-refractivity contribution in [3.05, 3.63) is 65.2 Å². The van der Waals surface area contributed by atoms with Gasteiger partial charge in [-0.05, 0) is 63.5 Å². The predicted octanol–water partition coefficient (Wildman–Crippen LogP) is 5.03. The Morgan fingerprint density at radius 3 is 2.66 bits per heavy atom. The van der Waals surface area contributed by atoms with Crippen molar-refractivity contribution in [2.24, 2.45) is 0 Å². The first-order valence-corrected chi connectivity index (χ1v) is 11.1. The van der Waals surface area contributed by atoms with E-state index in [1.165, 1.54) is 20.0 Å². The van der Waals surface area contributed by atoms with Crippen LogP contribution in [-0.2, 0) is 0 Å². The van der Waals surface area contributed by atoms with Crippen LogP contribution in [0.2, 0.25) is 0 Å². The van der Waals surface area contributed by atoms with E-state index in [1.807, 2.05) is 30.0 Å². The highest BCUT2D eigenvalue weighted by molar-refractivity contribution is 5.95. The highest BCUT2D eigenvalue weighted by Crippen LogP contribution is 2.29. The van der Waals surface area contributed by atoms with Crippen molar-refractivity contribution < 1.29 is 18.7 Å². The lowest BCUT2D eigenvalue weighted by atomic mass is 10.1. The average Bonchev–Trinajstić information content (AvgIpc) is 3.21. The second kappa shape index (κ2) is 11.7. The van der Waals surface area contributed by atoms with Crippen molar-refractivity contribution in [3.63, 3.8) is 0 Å². The number of benzene rings is 2. The Hall–Kier alpha value is -2.86. The number of halogens is 1. The van der Waals surface area contributed by atoms with Gasteiger partial charge in [0.1, 0.15) is 0 Å². The molecule has 1 heterocycles. The zero-order valence-corrected chi connectivity index (χ0v) is 19.2. The number of rotatable bonds is 10.